The number of hydrogen-bond acceptors (Lipinski definition) is 3. The Balaban J connectivity index is 2.83. The third-order valence-corrected chi connectivity index (χ3v) is 2.79. The van der Waals surface area contributed by atoms with E-state index >= 15 is 0 Å². The van der Waals surface area contributed by atoms with Gasteiger partial charge in [-0.1, -0.05) is 25.4 Å². The maximum Gasteiger partial charge on any atom is 0.333 e. The lowest BCUT2D eigenvalue weighted by Gasteiger charge is -2.17. The van der Waals surface area contributed by atoms with E-state index in [2.05, 4.69) is 0 Å². The Kier molecular flexibility index (Phi) is 6.12. The molecule has 0 aliphatic heterocycles. The number of hydrogen-bond donors (Lipinski definition) is 1. The summed E-state index contributed by atoms with van der Waals surface area (Å²) in [4.78, 5) is 11.2. The van der Waals surface area contributed by atoms with E-state index in [9.17, 15) is 9.90 Å². The van der Waals surface area contributed by atoms with E-state index in [1.165, 1.54) is 7.11 Å². The second kappa shape index (κ2) is 7.36. The lowest BCUT2D eigenvalue weighted by Crippen LogP contribution is -2.28. The van der Waals surface area contributed by atoms with E-state index in [0.29, 0.717) is 17.4 Å². The van der Waals surface area contributed by atoms with E-state index in [1.54, 1.807) is 18.2 Å². The first-order valence-corrected chi connectivity index (χ1v) is 6.48. The number of methoxy groups -OCH3 is 1. The third-order valence-electron chi connectivity index (χ3n) is 2.55. The van der Waals surface area contributed by atoms with Gasteiger partial charge in [-0.15, -0.1) is 0 Å². The van der Waals surface area contributed by atoms with Gasteiger partial charge in [0.15, 0.2) is 6.10 Å². The molecule has 1 rings (SSSR count). The van der Waals surface area contributed by atoms with Crippen molar-refractivity contribution < 1.29 is 19.4 Å². The summed E-state index contributed by atoms with van der Waals surface area (Å²) in [6, 6.07) is 5.13. The smallest absolute Gasteiger partial charge is 0.333 e. The number of carboxylic acid groups (broad SMARTS) is 1. The summed E-state index contributed by atoms with van der Waals surface area (Å²) in [6.07, 6.45) is -0.666. The predicted octanol–water partition coefficient (Wildman–Crippen LogP) is 3.02. The van der Waals surface area contributed by atoms with Crippen LogP contribution in [0.15, 0.2) is 18.2 Å². The van der Waals surface area contributed by atoms with Crippen LogP contribution in [0.4, 0.5) is 0 Å². The molecule has 0 aliphatic carbocycles. The minimum Gasteiger partial charge on any atom is -0.496 e. The molecule has 1 N–H and O–H groups in total. The quantitative estimate of drug-likeness (QED) is 0.837. The highest BCUT2D eigenvalue weighted by atomic mass is 35.5. The van der Waals surface area contributed by atoms with Crippen LogP contribution in [0.1, 0.15) is 19.4 Å². The molecule has 5 heteroatoms. The molecule has 0 saturated heterocycles. The van der Waals surface area contributed by atoms with Crippen LogP contribution in [0.5, 0.6) is 5.75 Å². The lowest BCUT2D eigenvalue weighted by atomic mass is 10.1. The fourth-order valence-corrected chi connectivity index (χ4v) is 1.83. The SMILES string of the molecule is COc1ccc(Cl)cc1CC(OCC(C)C)C(=O)O. The normalized spacial score (nSPS) is 12.5. The zero-order chi connectivity index (χ0) is 14.4. The molecule has 0 aromatic heterocycles. The molecule has 0 heterocycles. The predicted molar refractivity (Wildman–Crippen MR) is 73.9 cm³/mol. The van der Waals surface area contributed by atoms with Crippen LogP contribution in [0.3, 0.4) is 0 Å². The van der Waals surface area contributed by atoms with E-state index in [0.717, 1.165) is 5.56 Å². The van der Waals surface area contributed by atoms with Gasteiger partial charge >= 0.3 is 5.97 Å². The summed E-state index contributed by atoms with van der Waals surface area (Å²) < 4.78 is 10.6. The molecule has 4 nitrogen and oxygen atoms in total. The minimum atomic E-state index is -0.984. The largest absolute Gasteiger partial charge is 0.496 e. The van der Waals surface area contributed by atoms with Crippen molar-refractivity contribution >= 4 is 17.6 Å². The molecule has 1 aromatic carbocycles. The molecule has 1 aromatic rings. The molecule has 1 atom stereocenters. The fourth-order valence-electron chi connectivity index (χ4n) is 1.63. The van der Waals surface area contributed by atoms with Gasteiger partial charge in [0.25, 0.3) is 0 Å². The van der Waals surface area contributed by atoms with Crippen LogP contribution in [0, 0.1) is 5.92 Å². The highest BCUT2D eigenvalue weighted by Crippen LogP contribution is 2.24. The molecular formula is C14H19ClO4. The fraction of sp³-hybridized carbons (Fsp3) is 0.500. The summed E-state index contributed by atoms with van der Waals surface area (Å²) >= 11 is 5.92. The molecule has 0 fully saturated rings. The number of aliphatic carboxylic acids is 1. The highest BCUT2D eigenvalue weighted by molar-refractivity contribution is 6.30. The number of ether oxygens (including phenoxy) is 2. The van der Waals surface area contributed by atoms with Gasteiger partial charge in [-0.3, -0.25) is 0 Å². The zero-order valence-electron chi connectivity index (χ0n) is 11.4. The molecular weight excluding hydrogens is 268 g/mol. The monoisotopic (exact) mass is 286 g/mol. The van der Waals surface area contributed by atoms with Crippen molar-refractivity contribution in [3.63, 3.8) is 0 Å². The Morgan fingerprint density at radius 3 is 2.63 bits per heavy atom. The van der Waals surface area contributed by atoms with Crippen molar-refractivity contribution in [2.45, 2.75) is 26.4 Å². The molecule has 106 valence electrons. The number of carbonyl (C=O) groups is 1. The standard InChI is InChI=1S/C14H19ClO4/c1-9(2)8-19-13(14(16)17)7-10-6-11(15)4-5-12(10)18-3/h4-6,9,13H,7-8H2,1-3H3,(H,16,17). The van der Waals surface area contributed by atoms with E-state index in [-0.39, 0.29) is 12.3 Å². The summed E-state index contributed by atoms with van der Waals surface area (Å²) in [6.45, 7) is 4.34. The van der Waals surface area contributed by atoms with Gasteiger partial charge in [0, 0.05) is 11.4 Å². The zero-order valence-corrected chi connectivity index (χ0v) is 12.1. The van der Waals surface area contributed by atoms with Crippen LogP contribution in [0.25, 0.3) is 0 Å². The van der Waals surface area contributed by atoms with Crippen LogP contribution in [0.2, 0.25) is 5.02 Å². The number of carboxylic acids is 1. The van der Waals surface area contributed by atoms with Crippen molar-refractivity contribution in [3.8, 4) is 5.75 Å². The van der Waals surface area contributed by atoms with Crippen LogP contribution >= 0.6 is 11.6 Å². The van der Waals surface area contributed by atoms with Crippen LogP contribution in [-0.4, -0.2) is 30.9 Å². The Morgan fingerprint density at radius 2 is 2.11 bits per heavy atom. The van der Waals surface area contributed by atoms with E-state index < -0.39 is 12.1 Å². The van der Waals surface area contributed by atoms with E-state index in [1.807, 2.05) is 13.8 Å². The van der Waals surface area contributed by atoms with Crippen molar-refractivity contribution in [1.82, 2.24) is 0 Å². The van der Waals surface area contributed by atoms with Gasteiger partial charge in [-0.05, 0) is 29.7 Å². The second-order valence-corrected chi connectivity index (χ2v) is 5.15. The summed E-state index contributed by atoms with van der Waals surface area (Å²) in [5.41, 5.74) is 0.728. The van der Waals surface area contributed by atoms with Crippen molar-refractivity contribution in [2.24, 2.45) is 5.92 Å². The number of halogens is 1. The first-order valence-electron chi connectivity index (χ1n) is 6.10. The molecule has 1 unspecified atom stereocenters. The average molecular weight is 287 g/mol. The summed E-state index contributed by atoms with van der Waals surface area (Å²) in [5.74, 6) is -0.0883. The maximum atomic E-state index is 11.2. The van der Waals surface area contributed by atoms with Gasteiger partial charge in [0.1, 0.15) is 5.75 Å². The molecule has 0 bridgehead atoms. The van der Waals surface area contributed by atoms with Crippen LogP contribution in [-0.2, 0) is 16.0 Å². The van der Waals surface area contributed by atoms with Gasteiger partial charge in [0.2, 0.25) is 0 Å². The van der Waals surface area contributed by atoms with Crippen molar-refractivity contribution in [1.29, 1.82) is 0 Å². The summed E-state index contributed by atoms with van der Waals surface area (Å²) in [7, 11) is 1.54. The van der Waals surface area contributed by atoms with Gasteiger partial charge in [0.05, 0.1) is 13.7 Å². The van der Waals surface area contributed by atoms with Gasteiger partial charge < -0.3 is 14.6 Å². The van der Waals surface area contributed by atoms with Crippen LogP contribution < -0.4 is 4.74 Å². The molecule has 0 amide bonds. The molecule has 0 aliphatic rings. The maximum absolute atomic E-state index is 11.2. The van der Waals surface area contributed by atoms with Gasteiger partial charge in [-0.2, -0.15) is 0 Å². The Morgan fingerprint density at radius 1 is 1.42 bits per heavy atom. The Labute approximate surface area is 118 Å². The Hall–Kier alpha value is -1.26. The molecule has 0 saturated carbocycles. The van der Waals surface area contributed by atoms with Crippen molar-refractivity contribution in [2.75, 3.05) is 13.7 Å². The minimum absolute atomic E-state index is 0.228. The molecule has 19 heavy (non-hydrogen) atoms. The van der Waals surface area contributed by atoms with Gasteiger partial charge in [-0.25, -0.2) is 4.79 Å². The summed E-state index contributed by atoms with van der Waals surface area (Å²) in [5, 5.41) is 9.73. The number of rotatable bonds is 7. The second-order valence-electron chi connectivity index (χ2n) is 4.71. The first-order chi connectivity index (χ1) is 8.93. The molecule has 0 spiro atoms. The average Bonchev–Trinajstić information content (AvgIpc) is 2.34. The van der Waals surface area contributed by atoms with E-state index in [4.69, 9.17) is 21.1 Å². The number of benzene rings is 1. The Bertz CT molecular complexity index is 431. The van der Waals surface area contributed by atoms with Crippen molar-refractivity contribution in [3.05, 3.63) is 28.8 Å². The first kappa shape index (κ1) is 15.8. The highest BCUT2D eigenvalue weighted by Gasteiger charge is 2.21. The third kappa shape index (κ3) is 5.09. The topological polar surface area (TPSA) is 55.8 Å². The molecule has 0 radical (unpaired) electrons. The lowest BCUT2D eigenvalue weighted by molar-refractivity contribution is -0.150.